The predicted molar refractivity (Wildman–Crippen MR) is 98.8 cm³/mol. The zero-order valence-electron chi connectivity index (χ0n) is 15.3. The Labute approximate surface area is 160 Å². The largest absolute Gasteiger partial charge is 0.473 e. The van der Waals surface area contributed by atoms with Crippen LogP contribution in [-0.4, -0.2) is 38.1 Å². The number of aromatic nitrogens is 4. The average Bonchev–Trinajstić information content (AvgIpc) is 3.07. The minimum atomic E-state index is -0.513. The summed E-state index contributed by atoms with van der Waals surface area (Å²) in [4.78, 5) is 21.4. The van der Waals surface area contributed by atoms with E-state index in [1.165, 1.54) is 12.3 Å². The number of carbonyl (C=O) groups is 1. The molecular weight excluding hydrogens is 363 g/mol. The maximum atomic E-state index is 14.1. The summed E-state index contributed by atoms with van der Waals surface area (Å²) in [5.74, 6) is 0.269. The minimum Gasteiger partial charge on any atom is -0.473 e. The van der Waals surface area contributed by atoms with Crippen LogP contribution < -0.4 is 15.4 Å². The first-order valence-electron chi connectivity index (χ1n) is 9.27. The zero-order valence-corrected chi connectivity index (χ0v) is 15.3. The van der Waals surface area contributed by atoms with Crippen LogP contribution in [0.1, 0.15) is 42.1 Å². The molecule has 5 rings (SSSR count). The Morgan fingerprint density at radius 1 is 1.36 bits per heavy atom. The van der Waals surface area contributed by atoms with E-state index < -0.39 is 11.4 Å². The van der Waals surface area contributed by atoms with Gasteiger partial charge in [0.25, 0.3) is 5.91 Å². The molecule has 1 fully saturated rings. The van der Waals surface area contributed by atoms with E-state index in [0.29, 0.717) is 28.5 Å². The first-order valence-corrected chi connectivity index (χ1v) is 9.27. The van der Waals surface area contributed by atoms with Crippen molar-refractivity contribution < 1.29 is 13.9 Å². The van der Waals surface area contributed by atoms with Gasteiger partial charge < -0.3 is 15.4 Å². The number of hydrogen-bond donors (Lipinski definition) is 2. The van der Waals surface area contributed by atoms with Gasteiger partial charge in [0, 0.05) is 11.8 Å². The van der Waals surface area contributed by atoms with Crippen molar-refractivity contribution in [3.8, 4) is 5.88 Å². The summed E-state index contributed by atoms with van der Waals surface area (Å²) < 4.78 is 21.6. The fourth-order valence-electron chi connectivity index (χ4n) is 3.76. The Morgan fingerprint density at radius 2 is 2.21 bits per heavy atom. The molecule has 2 N–H and O–H groups in total. The van der Waals surface area contributed by atoms with Gasteiger partial charge in [-0.05, 0) is 38.3 Å². The first-order chi connectivity index (χ1) is 13.5. The summed E-state index contributed by atoms with van der Waals surface area (Å²) in [5.41, 5.74) is 1.01. The normalized spacial score (nSPS) is 20.8. The second-order valence-electron chi connectivity index (χ2n) is 7.34. The molecule has 0 aromatic carbocycles. The highest BCUT2D eigenvalue weighted by Gasteiger charge is 2.42. The number of carbonyl (C=O) groups excluding carboxylic acids is 1. The second kappa shape index (κ2) is 6.15. The topological polar surface area (TPSA) is 93.4 Å². The number of fused-ring (bicyclic) bond motifs is 3. The van der Waals surface area contributed by atoms with Crippen molar-refractivity contribution in [1.29, 1.82) is 0 Å². The lowest BCUT2D eigenvalue weighted by molar-refractivity contribution is 0.0931. The monoisotopic (exact) mass is 382 g/mol. The maximum absolute atomic E-state index is 14.1. The molecule has 144 valence electrons. The molecular formula is C19H19FN6O2. The van der Waals surface area contributed by atoms with Gasteiger partial charge in [0.05, 0.1) is 24.5 Å². The molecule has 0 saturated heterocycles. The van der Waals surface area contributed by atoms with Crippen LogP contribution in [0.4, 0.5) is 10.2 Å². The van der Waals surface area contributed by atoms with Crippen molar-refractivity contribution in [2.45, 2.75) is 37.8 Å². The van der Waals surface area contributed by atoms with Crippen molar-refractivity contribution in [3.63, 3.8) is 0 Å². The number of halogens is 1. The molecule has 2 bridgehead atoms. The molecule has 3 aromatic rings. The number of ether oxygens (including phenoxy) is 1. The van der Waals surface area contributed by atoms with E-state index in [2.05, 4.69) is 25.7 Å². The first kappa shape index (κ1) is 16.9. The highest BCUT2D eigenvalue weighted by atomic mass is 19.1. The molecule has 2 aliphatic rings. The highest BCUT2D eigenvalue weighted by Crippen LogP contribution is 2.47. The van der Waals surface area contributed by atoms with Gasteiger partial charge in [0.15, 0.2) is 5.65 Å². The van der Waals surface area contributed by atoms with E-state index >= 15 is 0 Å². The molecule has 8 nitrogen and oxygen atoms in total. The van der Waals surface area contributed by atoms with Crippen molar-refractivity contribution in [2.75, 3.05) is 11.9 Å². The standard InChI is InChI=1S/C19H19FN6O2/c1-11-8-21-17(27)13-10-23-26-6-3-15(24-16(13)26)25-19(4-2-5-19)14-7-12(20)9-22-18(14)28-11/h3,6-7,9-11H,2,4-5,8H2,1H3,(H,21,27)(H,24,25)/t11-/m0/s1. The van der Waals surface area contributed by atoms with E-state index in [0.717, 1.165) is 25.5 Å². The molecule has 1 saturated carbocycles. The minimum absolute atomic E-state index is 0.273. The predicted octanol–water partition coefficient (Wildman–Crippen LogP) is 2.27. The summed E-state index contributed by atoms with van der Waals surface area (Å²) >= 11 is 0. The molecule has 1 atom stereocenters. The lowest BCUT2D eigenvalue weighted by Crippen LogP contribution is -2.43. The number of rotatable bonds is 0. The lowest BCUT2D eigenvalue weighted by Gasteiger charge is -2.43. The van der Waals surface area contributed by atoms with Gasteiger partial charge in [-0.3, -0.25) is 4.79 Å². The number of hydrogen-bond acceptors (Lipinski definition) is 6. The summed E-state index contributed by atoms with van der Waals surface area (Å²) in [6.07, 6.45) is 6.66. The van der Waals surface area contributed by atoms with Gasteiger partial charge in [0.2, 0.25) is 5.88 Å². The molecule has 3 aromatic heterocycles. The van der Waals surface area contributed by atoms with Crippen molar-refractivity contribution in [3.05, 3.63) is 47.7 Å². The van der Waals surface area contributed by atoms with Crippen molar-refractivity contribution >= 4 is 17.4 Å². The van der Waals surface area contributed by atoms with Crippen molar-refractivity contribution in [2.24, 2.45) is 0 Å². The van der Waals surface area contributed by atoms with Crippen LogP contribution in [0, 0.1) is 5.82 Å². The quantitative estimate of drug-likeness (QED) is 0.620. The maximum Gasteiger partial charge on any atom is 0.256 e. The Balaban J connectivity index is 1.67. The van der Waals surface area contributed by atoms with Gasteiger partial charge in [-0.1, -0.05) is 0 Å². The molecule has 1 amide bonds. The molecule has 28 heavy (non-hydrogen) atoms. The van der Waals surface area contributed by atoms with Gasteiger partial charge in [0.1, 0.15) is 23.3 Å². The van der Waals surface area contributed by atoms with Crippen LogP contribution >= 0.6 is 0 Å². The van der Waals surface area contributed by atoms with Crippen LogP contribution in [0.5, 0.6) is 5.88 Å². The Kier molecular flexibility index (Phi) is 3.71. The van der Waals surface area contributed by atoms with Gasteiger partial charge in [-0.2, -0.15) is 5.10 Å². The third-order valence-corrected chi connectivity index (χ3v) is 5.38. The Morgan fingerprint density at radius 3 is 3.00 bits per heavy atom. The van der Waals surface area contributed by atoms with Crippen LogP contribution in [-0.2, 0) is 5.54 Å². The summed E-state index contributed by atoms with van der Waals surface area (Å²) in [6, 6.07) is 3.26. The molecule has 9 heteroatoms. The SMILES string of the molecule is C[C@H]1CNC(=O)c2cnn3ccc(nc23)NC2(CCC2)c2cc(F)cnc2O1. The van der Waals surface area contributed by atoms with E-state index in [-0.39, 0.29) is 18.6 Å². The number of anilines is 1. The van der Waals surface area contributed by atoms with Gasteiger partial charge in [-0.15, -0.1) is 0 Å². The highest BCUT2D eigenvalue weighted by molar-refractivity contribution is 5.99. The second-order valence-corrected chi connectivity index (χ2v) is 7.34. The Hall–Kier alpha value is -3.23. The summed E-state index contributed by atoms with van der Waals surface area (Å²) in [5, 5.41) is 10.5. The lowest BCUT2D eigenvalue weighted by atomic mass is 9.72. The Bertz CT molecular complexity index is 1080. The van der Waals surface area contributed by atoms with E-state index in [1.54, 1.807) is 16.8 Å². The number of pyridine rings is 1. The molecule has 0 radical (unpaired) electrons. The summed E-state index contributed by atoms with van der Waals surface area (Å²) in [7, 11) is 0. The smallest absolute Gasteiger partial charge is 0.256 e. The molecule has 1 aliphatic heterocycles. The third kappa shape index (κ3) is 2.65. The molecule has 0 unspecified atom stereocenters. The van der Waals surface area contributed by atoms with E-state index in [9.17, 15) is 9.18 Å². The van der Waals surface area contributed by atoms with Crippen LogP contribution in [0.3, 0.4) is 0 Å². The number of nitrogens with one attached hydrogen (secondary N) is 2. The molecule has 4 heterocycles. The van der Waals surface area contributed by atoms with Gasteiger partial charge >= 0.3 is 0 Å². The van der Waals surface area contributed by atoms with Crippen LogP contribution in [0.25, 0.3) is 5.65 Å². The number of amides is 1. The molecule has 1 spiro atoms. The van der Waals surface area contributed by atoms with Crippen LogP contribution in [0.15, 0.2) is 30.7 Å². The van der Waals surface area contributed by atoms with Gasteiger partial charge in [-0.25, -0.2) is 18.9 Å². The van der Waals surface area contributed by atoms with Crippen molar-refractivity contribution in [1.82, 2.24) is 24.9 Å². The zero-order chi connectivity index (χ0) is 19.3. The van der Waals surface area contributed by atoms with E-state index in [1.807, 2.05) is 6.92 Å². The molecule has 1 aliphatic carbocycles. The number of nitrogens with zero attached hydrogens (tertiary/aromatic N) is 4. The van der Waals surface area contributed by atoms with Crippen LogP contribution in [0.2, 0.25) is 0 Å². The average molecular weight is 382 g/mol. The third-order valence-electron chi connectivity index (χ3n) is 5.38. The van der Waals surface area contributed by atoms with E-state index in [4.69, 9.17) is 4.74 Å². The fraction of sp³-hybridized carbons (Fsp3) is 0.368. The fourth-order valence-corrected chi connectivity index (χ4v) is 3.76. The summed E-state index contributed by atoms with van der Waals surface area (Å²) in [6.45, 7) is 2.11.